The molecular formula is C20H26N4O6. The van der Waals surface area contributed by atoms with Gasteiger partial charge in [0.05, 0.1) is 31.3 Å². The van der Waals surface area contributed by atoms with Crippen LogP contribution in [-0.2, 0) is 22.5 Å². The van der Waals surface area contributed by atoms with Crippen LogP contribution >= 0.6 is 0 Å². The first-order chi connectivity index (χ1) is 14.3. The van der Waals surface area contributed by atoms with Crippen molar-refractivity contribution in [2.24, 2.45) is 5.73 Å². The third kappa shape index (κ3) is 5.15. The lowest BCUT2D eigenvalue weighted by atomic mass is 10.0. The molecule has 1 unspecified atom stereocenters. The van der Waals surface area contributed by atoms with Gasteiger partial charge in [0.15, 0.2) is 0 Å². The number of aromatic amines is 1. The standard InChI is InChI=1S/C20H26N4O6/c1-11-8-24(20(29)23-18(11)27)9-14-7-16(17(10-25)30-14)22-19(28)15(21)6-12-2-4-13(26)5-3-12/h2-5,8,14-17,25-26H,6-7,9-10,21H2,1H3,(H,22,28)(H,23,27,29)/t14-,15?,16+,17-/m1/s1. The summed E-state index contributed by atoms with van der Waals surface area (Å²) in [5.74, 6) is -0.249. The van der Waals surface area contributed by atoms with E-state index in [1.165, 1.54) is 22.9 Å². The summed E-state index contributed by atoms with van der Waals surface area (Å²) in [5.41, 5.74) is 6.23. The highest BCUT2D eigenvalue weighted by molar-refractivity contribution is 5.82. The maximum absolute atomic E-state index is 12.5. The van der Waals surface area contributed by atoms with E-state index in [4.69, 9.17) is 10.5 Å². The molecule has 6 N–H and O–H groups in total. The Morgan fingerprint density at radius 3 is 2.73 bits per heavy atom. The fourth-order valence-corrected chi connectivity index (χ4v) is 3.51. The van der Waals surface area contributed by atoms with Crippen LogP contribution in [0.25, 0.3) is 0 Å². The quantitative estimate of drug-likeness (QED) is 0.376. The van der Waals surface area contributed by atoms with Crippen LogP contribution < -0.4 is 22.3 Å². The predicted octanol–water partition coefficient (Wildman–Crippen LogP) is -1.24. The van der Waals surface area contributed by atoms with Crippen LogP contribution in [0.5, 0.6) is 5.75 Å². The second-order valence-electron chi connectivity index (χ2n) is 7.53. The van der Waals surface area contributed by atoms with Crippen LogP contribution in [0.1, 0.15) is 17.5 Å². The zero-order chi connectivity index (χ0) is 21.8. The average Bonchev–Trinajstić information content (AvgIpc) is 3.09. The van der Waals surface area contributed by atoms with Gasteiger partial charge < -0.3 is 26.0 Å². The Morgan fingerprint density at radius 1 is 1.37 bits per heavy atom. The van der Waals surface area contributed by atoms with E-state index in [2.05, 4.69) is 10.3 Å². The molecule has 0 aliphatic carbocycles. The number of benzene rings is 1. The molecule has 1 amide bonds. The molecule has 10 nitrogen and oxygen atoms in total. The van der Waals surface area contributed by atoms with E-state index < -0.39 is 35.5 Å². The molecule has 10 heteroatoms. The minimum absolute atomic E-state index is 0.133. The highest BCUT2D eigenvalue weighted by Gasteiger charge is 2.36. The van der Waals surface area contributed by atoms with Crippen LogP contribution in [0.2, 0.25) is 0 Å². The normalized spacial score (nSPS) is 22.0. The van der Waals surface area contributed by atoms with Crippen molar-refractivity contribution in [3.8, 4) is 5.75 Å². The van der Waals surface area contributed by atoms with Crippen molar-refractivity contribution in [3.05, 3.63) is 62.4 Å². The third-order valence-corrected chi connectivity index (χ3v) is 5.16. The molecule has 0 spiro atoms. The number of phenolic OH excluding ortho intramolecular Hbond substituents is 1. The molecule has 2 heterocycles. The van der Waals surface area contributed by atoms with Gasteiger partial charge in [0.25, 0.3) is 5.56 Å². The Balaban J connectivity index is 1.61. The highest BCUT2D eigenvalue weighted by atomic mass is 16.5. The molecular weight excluding hydrogens is 392 g/mol. The van der Waals surface area contributed by atoms with E-state index in [1.54, 1.807) is 19.1 Å². The first kappa shape index (κ1) is 21.8. The number of nitrogens with zero attached hydrogens (tertiary/aromatic N) is 1. The fourth-order valence-electron chi connectivity index (χ4n) is 3.51. The molecule has 1 saturated heterocycles. The smallest absolute Gasteiger partial charge is 0.328 e. The zero-order valence-electron chi connectivity index (χ0n) is 16.6. The van der Waals surface area contributed by atoms with Crippen molar-refractivity contribution in [1.29, 1.82) is 0 Å². The van der Waals surface area contributed by atoms with Gasteiger partial charge in [0, 0.05) is 11.8 Å². The zero-order valence-corrected chi connectivity index (χ0v) is 16.6. The van der Waals surface area contributed by atoms with Gasteiger partial charge in [-0.25, -0.2) is 4.79 Å². The van der Waals surface area contributed by atoms with E-state index >= 15 is 0 Å². The van der Waals surface area contributed by atoms with Crippen LogP contribution in [0.3, 0.4) is 0 Å². The topological polar surface area (TPSA) is 160 Å². The highest BCUT2D eigenvalue weighted by Crippen LogP contribution is 2.22. The van der Waals surface area contributed by atoms with Crippen molar-refractivity contribution in [3.63, 3.8) is 0 Å². The number of aromatic nitrogens is 2. The molecule has 1 aliphatic rings. The Bertz CT molecular complexity index is 1000. The molecule has 162 valence electrons. The molecule has 0 radical (unpaired) electrons. The summed E-state index contributed by atoms with van der Waals surface area (Å²) in [6.07, 6.45) is 1.08. The lowest BCUT2D eigenvalue weighted by molar-refractivity contribution is -0.123. The van der Waals surface area contributed by atoms with E-state index in [0.29, 0.717) is 18.4 Å². The maximum Gasteiger partial charge on any atom is 0.328 e. The summed E-state index contributed by atoms with van der Waals surface area (Å²) in [6.45, 7) is 1.48. The second-order valence-corrected chi connectivity index (χ2v) is 7.53. The number of nitrogens with one attached hydrogen (secondary N) is 2. The number of nitrogens with two attached hydrogens (primary N) is 1. The molecule has 1 fully saturated rings. The number of hydrogen-bond acceptors (Lipinski definition) is 7. The summed E-state index contributed by atoms with van der Waals surface area (Å²) in [7, 11) is 0. The Labute approximate surface area is 172 Å². The molecule has 2 aromatic rings. The van der Waals surface area contributed by atoms with E-state index in [1.807, 2.05) is 0 Å². The Kier molecular flexibility index (Phi) is 6.70. The van der Waals surface area contributed by atoms with Crippen molar-refractivity contribution in [2.45, 2.75) is 50.6 Å². The van der Waals surface area contributed by atoms with Gasteiger partial charge in [-0.1, -0.05) is 12.1 Å². The number of phenols is 1. The number of carbonyl (C=O) groups is 1. The molecule has 30 heavy (non-hydrogen) atoms. The number of aliphatic hydroxyl groups excluding tert-OH is 1. The Hall–Kier alpha value is -2.95. The van der Waals surface area contributed by atoms with Gasteiger partial charge >= 0.3 is 5.69 Å². The van der Waals surface area contributed by atoms with Crippen LogP contribution in [0.4, 0.5) is 0 Å². The number of ether oxygens (including phenoxy) is 1. The summed E-state index contributed by atoms with van der Waals surface area (Å²) in [6, 6.07) is 5.17. The number of carbonyl (C=O) groups excluding carboxylic acids is 1. The molecule has 1 aromatic carbocycles. The predicted molar refractivity (Wildman–Crippen MR) is 108 cm³/mol. The van der Waals surface area contributed by atoms with E-state index in [0.717, 1.165) is 5.56 Å². The number of aromatic hydroxyl groups is 1. The fraction of sp³-hybridized carbons (Fsp3) is 0.450. The number of rotatable bonds is 7. The number of H-pyrrole nitrogens is 1. The van der Waals surface area contributed by atoms with Crippen molar-refractivity contribution < 1.29 is 19.7 Å². The summed E-state index contributed by atoms with van der Waals surface area (Å²) in [5, 5.41) is 21.8. The summed E-state index contributed by atoms with van der Waals surface area (Å²) in [4.78, 5) is 38.2. The van der Waals surface area contributed by atoms with Crippen LogP contribution in [-0.4, -0.2) is 56.6 Å². The van der Waals surface area contributed by atoms with Crippen LogP contribution in [0, 0.1) is 6.92 Å². The number of aliphatic hydroxyl groups is 1. The largest absolute Gasteiger partial charge is 0.508 e. The molecule has 4 atom stereocenters. The van der Waals surface area contributed by atoms with Gasteiger partial charge in [0.1, 0.15) is 11.9 Å². The summed E-state index contributed by atoms with van der Waals surface area (Å²) < 4.78 is 7.12. The van der Waals surface area contributed by atoms with Gasteiger partial charge in [-0.15, -0.1) is 0 Å². The number of amides is 1. The molecule has 1 aromatic heterocycles. The molecule has 0 saturated carbocycles. The minimum atomic E-state index is -0.808. The molecule has 3 rings (SSSR count). The van der Waals surface area contributed by atoms with Crippen LogP contribution in [0.15, 0.2) is 40.1 Å². The minimum Gasteiger partial charge on any atom is -0.508 e. The number of aryl methyl sites for hydroxylation is 1. The lowest BCUT2D eigenvalue weighted by Crippen LogP contribution is -2.49. The second kappa shape index (κ2) is 9.24. The van der Waals surface area contributed by atoms with Crippen molar-refractivity contribution in [1.82, 2.24) is 14.9 Å². The van der Waals surface area contributed by atoms with Gasteiger partial charge in [0.2, 0.25) is 5.91 Å². The van der Waals surface area contributed by atoms with E-state index in [-0.39, 0.29) is 24.8 Å². The first-order valence-corrected chi connectivity index (χ1v) is 9.67. The van der Waals surface area contributed by atoms with Crippen molar-refractivity contribution in [2.75, 3.05) is 6.61 Å². The van der Waals surface area contributed by atoms with Gasteiger partial charge in [-0.3, -0.25) is 19.1 Å². The molecule has 0 bridgehead atoms. The lowest BCUT2D eigenvalue weighted by Gasteiger charge is -2.20. The third-order valence-electron chi connectivity index (χ3n) is 5.16. The number of hydrogen-bond donors (Lipinski definition) is 5. The van der Waals surface area contributed by atoms with Gasteiger partial charge in [-0.05, 0) is 37.5 Å². The SMILES string of the molecule is Cc1cn(C[C@H]2C[C@H](NC(=O)C(N)Cc3ccc(O)cc3)[C@@H](CO)O2)c(=O)[nH]c1=O. The van der Waals surface area contributed by atoms with Crippen molar-refractivity contribution >= 4 is 5.91 Å². The Morgan fingerprint density at radius 2 is 2.07 bits per heavy atom. The van der Waals surface area contributed by atoms with E-state index in [9.17, 15) is 24.6 Å². The van der Waals surface area contributed by atoms with Gasteiger partial charge in [-0.2, -0.15) is 0 Å². The monoisotopic (exact) mass is 418 g/mol. The average molecular weight is 418 g/mol. The molecule has 1 aliphatic heterocycles. The first-order valence-electron chi connectivity index (χ1n) is 9.67. The maximum atomic E-state index is 12.5. The summed E-state index contributed by atoms with van der Waals surface area (Å²) >= 11 is 0.